The molecule has 0 unspecified atom stereocenters. The van der Waals surface area contributed by atoms with Crippen LogP contribution in [-0.2, 0) is 16.0 Å². The van der Waals surface area contributed by atoms with Gasteiger partial charge >= 0.3 is 6.18 Å². The van der Waals surface area contributed by atoms with Crippen molar-refractivity contribution in [1.29, 1.82) is 0 Å². The van der Waals surface area contributed by atoms with Gasteiger partial charge in [-0.15, -0.1) is 0 Å². The van der Waals surface area contributed by atoms with E-state index in [9.17, 15) is 26.7 Å². The van der Waals surface area contributed by atoms with Gasteiger partial charge in [0.2, 0.25) is 0 Å². The molecule has 0 saturated carbocycles. The fourth-order valence-electron chi connectivity index (χ4n) is 2.56. The molecule has 1 aliphatic heterocycles. The van der Waals surface area contributed by atoms with Crippen LogP contribution in [0.3, 0.4) is 0 Å². The molecule has 2 aromatic rings. The molecule has 0 aliphatic carbocycles. The van der Waals surface area contributed by atoms with Gasteiger partial charge in [0.1, 0.15) is 18.1 Å². The molecule has 10 heteroatoms. The Kier molecular flexibility index (Phi) is 4.02. The second-order valence-corrected chi connectivity index (χ2v) is 7.40. The minimum absolute atomic E-state index is 0.0508. The van der Waals surface area contributed by atoms with E-state index in [0.717, 1.165) is 12.3 Å². The molecule has 3 rings (SSSR count). The van der Waals surface area contributed by atoms with E-state index in [1.165, 1.54) is 23.1 Å². The van der Waals surface area contributed by atoms with Crippen LogP contribution in [0.4, 0.5) is 24.5 Å². The molecule has 2 heterocycles. The molecule has 1 N–H and O–H groups in total. The SMILES string of the molecule is CS(=O)(=O)c1ncc(N2CCOc3ccc(O)cc32)cc1C(F)(F)F. The number of rotatable bonds is 2. The van der Waals surface area contributed by atoms with Crippen molar-refractivity contribution in [3.05, 3.63) is 36.0 Å². The van der Waals surface area contributed by atoms with Gasteiger partial charge in [-0.2, -0.15) is 13.2 Å². The van der Waals surface area contributed by atoms with Crippen LogP contribution in [0.5, 0.6) is 11.5 Å². The first-order valence-corrected chi connectivity index (χ1v) is 8.97. The third-order valence-electron chi connectivity index (χ3n) is 3.61. The van der Waals surface area contributed by atoms with E-state index in [-0.39, 0.29) is 24.6 Å². The molecule has 0 radical (unpaired) electrons. The minimum Gasteiger partial charge on any atom is -0.508 e. The van der Waals surface area contributed by atoms with Crippen LogP contribution in [-0.4, -0.2) is 37.9 Å². The van der Waals surface area contributed by atoms with E-state index in [1.807, 2.05) is 0 Å². The van der Waals surface area contributed by atoms with Crippen LogP contribution in [0.1, 0.15) is 5.56 Å². The lowest BCUT2D eigenvalue weighted by Gasteiger charge is -2.31. The predicted octanol–water partition coefficient (Wildman–Crippen LogP) is 2.74. The lowest BCUT2D eigenvalue weighted by atomic mass is 10.2. The number of pyridine rings is 1. The third-order valence-corrected chi connectivity index (χ3v) is 4.64. The zero-order valence-corrected chi connectivity index (χ0v) is 13.7. The van der Waals surface area contributed by atoms with E-state index < -0.39 is 26.6 Å². The van der Waals surface area contributed by atoms with Crippen LogP contribution in [0, 0.1) is 0 Å². The molecular formula is C15H13F3N2O4S. The Labute approximate surface area is 141 Å². The summed E-state index contributed by atoms with van der Waals surface area (Å²) in [5.41, 5.74) is -0.913. The summed E-state index contributed by atoms with van der Waals surface area (Å²) in [6, 6.07) is 4.99. The minimum atomic E-state index is -4.88. The number of aromatic nitrogens is 1. The van der Waals surface area contributed by atoms with Gasteiger partial charge in [0.05, 0.1) is 29.7 Å². The molecule has 0 spiro atoms. The number of ether oxygens (including phenoxy) is 1. The van der Waals surface area contributed by atoms with Crippen molar-refractivity contribution in [2.45, 2.75) is 11.2 Å². The molecule has 0 atom stereocenters. The quantitative estimate of drug-likeness (QED) is 0.871. The van der Waals surface area contributed by atoms with Crippen molar-refractivity contribution in [2.24, 2.45) is 0 Å². The fraction of sp³-hybridized carbons (Fsp3) is 0.267. The maximum absolute atomic E-state index is 13.3. The zero-order chi connectivity index (χ0) is 18.4. The Morgan fingerprint density at radius 2 is 2.00 bits per heavy atom. The molecule has 6 nitrogen and oxygen atoms in total. The molecule has 0 fully saturated rings. The molecule has 1 aliphatic rings. The van der Waals surface area contributed by atoms with Gasteiger partial charge in [-0.3, -0.25) is 0 Å². The van der Waals surface area contributed by atoms with Gasteiger partial charge in [0.25, 0.3) is 0 Å². The van der Waals surface area contributed by atoms with Crippen molar-refractivity contribution in [3.63, 3.8) is 0 Å². The average molecular weight is 374 g/mol. The molecule has 0 bridgehead atoms. The first-order valence-electron chi connectivity index (χ1n) is 7.08. The van der Waals surface area contributed by atoms with Crippen molar-refractivity contribution >= 4 is 21.2 Å². The van der Waals surface area contributed by atoms with Crippen molar-refractivity contribution in [2.75, 3.05) is 24.3 Å². The number of phenols is 1. The number of aromatic hydroxyl groups is 1. The van der Waals surface area contributed by atoms with E-state index >= 15 is 0 Å². The van der Waals surface area contributed by atoms with Gasteiger partial charge in [-0.05, 0) is 18.2 Å². The van der Waals surface area contributed by atoms with Crippen LogP contribution >= 0.6 is 0 Å². The number of benzene rings is 1. The summed E-state index contributed by atoms with van der Waals surface area (Å²) < 4.78 is 68.5. The Hall–Kier alpha value is -2.49. The highest BCUT2D eigenvalue weighted by Crippen LogP contribution is 2.41. The van der Waals surface area contributed by atoms with E-state index in [2.05, 4.69) is 4.98 Å². The summed E-state index contributed by atoms with van der Waals surface area (Å²) in [7, 11) is -4.15. The van der Waals surface area contributed by atoms with E-state index in [0.29, 0.717) is 17.7 Å². The topological polar surface area (TPSA) is 79.7 Å². The first kappa shape index (κ1) is 17.3. The highest BCUT2D eigenvalue weighted by atomic mass is 32.2. The summed E-state index contributed by atoms with van der Waals surface area (Å²) in [5.74, 6) is 0.316. The highest BCUT2D eigenvalue weighted by Gasteiger charge is 2.38. The largest absolute Gasteiger partial charge is 0.508 e. The van der Waals surface area contributed by atoms with Gasteiger partial charge < -0.3 is 14.7 Å². The second-order valence-electron chi connectivity index (χ2n) is 5.47. The number of hydrogen-bond donors (Lipinski definition) is 1. The van der Waals surface area contributed by atoms with E-state index in [4.69, 9.17) is 4.74 Å². The van der Waals surface area contributed by atoms with E-state index in [1.54, 1.807) is 0 Å². The number of fused-ring (bicyclic) bond motifs is 1. The summed E-state index contributed by atoms with van der Waals surface area (Å²) in [6.07, 6.45) is -3.15. The molecule has 1 aromatic heterocycles. The molecular weight excluding hydrogens is 361 g/mol. The maximum atomic E-state index is 13.3. The van der Waals surface area contributed by atoms with Crippen LogP contribution in [0.25, 0.3) is 0 Å². The Balaban J connectivity index is 2.16. The third kappa shape index (κ3) is 3.34. The average Bonchev–Trinajstić information content (AvgIpc) is 2.52. The molecule has 1 aromatic carbocycles. The van der Waals surface area contributed by atoms with Gasteiger partial charge in [0, 0.05) is 12.3 Å². The number of sulfone groups is 1. The van der Waals surface area contributed by atoms with Crippen molar-refractivity contribution < 1.29 is 31.4 Å². The molecule has 134 valence electrons. The number of anilines is 2. The Bertz CT molecular complexity index is 929. The second kappa shape index (κ2) is 5.80. The van der Waals surface area contributed by atoms with Crippen LogP contribution < -0.4 is 9.64 Å². The molecule has 0 saturated heterocycles. The molecule has 25 heavy (non-hydrogen) atoms. The summed E-state index contributed by atoms with van der Waals surface area (Å²) in [6.45, 7) is 0.431. The number of alkyl halides is 3. The number of nitrogens with zero attached hydrogens (tertiary/aromatic N) is 2. The lowest BCUT2D eigenvalue weighted by Crippen LogP contribution is -2.29. The first-order chi connectivity index (χ1) is 11.6. The zero-order valence-electron chi connectivity index (χ0n) is 12.9. The standard InChI is InChI=1S/C15H13F3N2O4S/c1-25(22,23)14-11(15(16,17)18)6-9(8-19-14)20-4-5-24-13-3-2-10(21)7-12(13)20/h2-3,6-8,21H,4-5H2,1H3. The summed E-state index contributed by atoms with van der Waals surface area (Å²) in [5, 5.41) is 8.61. The van der Waals surface area contributed by atoms with Crippen molar-refractivity contribution in [3.8, 4) is 11.5 Å². The number of halogens is 3. The van der Waals surface area contributed by atoms with Crippen molar-refractivity contribution in [1.82, 2.24) is 4.98 Å². The smallest absolute Gasteiger partial charge is 0.419 e. The molecule has 0 amide bonds. The Morgan fingerprint density at radius 3 is 2.64 bits per heavy atom. The Morgan fingerprint density at radius 1 is 1.28 bits per heavy atom. The normalized spacial score (nSPS) is 14.8. The van der Waals surface area contributed by atoms with Crippen LogP contribution in [0.15, 0.2) is 35.5 Å². The van der Waals surface area contributed by atoms with Gasteiger partial charge in [-0.1, -0.05) is 0 Å². The lowest BCUT2D eigenvalue weighted by molar-refractivity contribution is -0.140. The highest BCUT2D eigenvalue weighted by molar-refractivity contribution is 7.90. The van der Waals surface area contributed by atoms with Gasteiger partial charge in [-0.25, -0.2) is 13.4 Å². The fourth-order valence-corrected chi connectivity index (χ4v) is 3.38. The van der Waals surface area contributed by atoms with Gasteiger partial charge in [0.15, 0.2) is 14.9 Å². The predicted molar refractivity (Wildman–Crippen MR) is 83.0 cm³/mol. The summed E-state index contributed by atoms with van der Waals surface area (Å²) in [4.78, 5) is 5.01. The maximum Gasteiger partial charge on any atom is 0.419 e. The summed E-state index contributed by atoms with van der Waals surface area (Å²) >= 11 is 0. The number of hydrogen-bond acceptors (Lipinski definition) is 6. The number of phenolic OH excluding ortho intramolecular Hbond substituents is 1. The van der Waals surface area contributed by atoms with Crippen LogP contribution in [0.2, 0.25) is 0 Å². The monoisotopic (exact) mass is 374 g/mol.